The summed E-state index contributed by atoms with van der Waals surface area (Å²) in [7, 11) is 0. The Labute approximate surface area is 111 Å². The Morgan fingerprint density at radius 3 is 2.22 bits per heavy atom. The Hall–Kier alpha value is -0.160. The molecular weight excluding hydrogens is 226 g/mol. The van der Waals surface area contributed by atoms with E-state index in [1.54, 1.807) is 0 Å². The third-order valence-electron chi connectivity index (χ3n) is 4.27. The average Bonchev–Trinajstić information content (AvgIpc) is 2.29. The number of aliphatic hydroxyl groups is 1. The van der Waals surface area contributed by atoms with Gasteiger partial charge in [0.1, 0.15) is 0 Å². The molecule has 1 fully saturated rings. The molecule has 0 saturated heterocycles. The molecule has 0 bridgehead atoms. The first kappa shape index (κ1) is 15.9. The van der Waals surface area contributed by atoms with Crippen LogP contribution in [0, 0.1) is 11.8 Å². The monoisotopic (exact) mass is 257 g/mol. The minimum absolute atomic E-state index is 0.205. The highest BCUT2D eigenvalue weighted by molar-refractivity contribution is 4.89. The third kappa shape index (κ3) is 5.22. The maximum atomic E-state index is 9.77. The van der Waals surface area contributed by atoms with Crippen molar-refractivity contribution in [1.82, 2.24) is 0 Å². The van der Waals surface area contributed by atoms with Gasteiger partial charge in [-0.3, -0.25) is 0 Å². The number of hydrogen-bond acceptors (Lipinski definition) is 4. The summed E-state index contributed by atoms with van der Waals surface area (Å²) in [5.74, 6) is 1.09. The van der Waals surface area contributed by atoms with Crippen molar-refractivity contribution in [3.8, 4) is 0 Å². The lowest BCUT2D eigenvalue weighted by Crippen LogP contribution is -2.48. The van der Waals surface area contributed by atoms with Crippen molar-refractivity contribution in [1.29, 1.82) is 0 Å². The molecule has 7 N–H and O–H groups in total. The summed E-state index contributed by atoms with van der Waals surface area (Å²) in [6.07, 6.45) is 6.62. The van der Waals surface area contributed by atoms with Crippen molar-refractivity contribution in [3.63, 3.8) is 0 Å². The van der Waals surface area contributed by atoms with E-state index in [1.165, 1.54) is 0 Å². The van der Waals surface area contributed by atoms with Gasteiger partial charge >= 0.3 is 0 Å². The van der Waals surface area contributed by atoms with Crippen LogP contribution in [0.25, 0.3) is 0 Å². The van der Waals surface area contributed by atoms with Crippen LogP contribution in [0.15, 0.2) is 0 Å². The van der Waals surface area contributed by atoms with Crippen LogP contribution in [0.3, 0.4) is 0 Å². The second-order valence-corrected chi connectivity index (χ2v) is 6.08. The Balaban J connectivity index is 2.21. The van der Waals surface area contributed by atoms with E-state index in [0.717, 1.165) is 44.9 Å². The molecule has 0 aromatic rings. The van der Waals surface area contributed by atoms with Crippen LogP contribution in [0.2, 0.25) is 0 Å². The van der Waals surface area contributed by atoms with Gasteiger partial charge in [0.2, 0.25) is 0 Å². The molecule has 4 nitrogen and oxygen atoms in total. The van der Waals surface area contributed by atoms with Crippen LogP contribution >= 0.6 is 0 Å². The minimum atomic E-state index is -0.205. The zero-order chi connectivity index (χ0) is 13.5. The smallest absolute Gasteiger partial charge is 0.0540 e. The van der Waals surface area contributed by atoms with Gasteiger partial charge in [0.05, 0.1) is 6.10 Å². The van der Waals surface area contributed by atoms with Crippen molar-refractivity contribution in [2.75, 3.05) is 6.54 Å². The summed E-state index contributed by atoms with van der Waals surface area (Å²) >= 11 is 0. The number of rotatable bonds is 7. The molecule has 0 heterocycles. The molecule has 0 aromatic heterocycles. The molecule has 3 atom stereocenters. The van der Waals surface area contributed by atoms with Gasteiger partial charge in [0.15, 0.2) is 0 Å². The minimum Gasteiger partial charge on any atom is -0.393 e. The van der Waals surface area contributed by atoms with Gasteiger partial charge in [0.25, 0.3) is 0 Å². The summed E-state index contributed by atoms with van der Waals surface area (Å²) in [5, 5.41) is 9.77. The molecule has 108 valence electrons. The fraction of sp³-hybridized carbons (Fsp3) is 1.00. The molecular formula is C14H31N3O. The zero-order valence-electron chi connectivity index (χ0n) is 11.7. The Kier molecular flexibility index (Phi) is 7.15. The second kappa shape index (κ2) is 8.10. The van der Waals surface area contributed by atoms with Gasteiger partial charge in [-0.2, -0.15) is 0 Å². The predicted molar refractivity (Wildman–Crippen MR) is 76.0 cm³/mol. The van der Waals surface area contributed by atoms with Crippen LogP contribution in [0.1, 0.15) is 51.9 Å². The van der Waals surface area contributed by atoms with Gasteiger partial charge in [-0.05, 0) is 56.9 Å². The van der Waals surface area contributed by atoms with E-state index in [0.29, 0.717) is 18.4 Å². The summed E-state index contributed by atoms with van der Waals surface area (Å²) < 4.78 is 0. The van der Waals surface area contributed by atoms with Crippen LogP contribution < -0.4 is 17.2 Å². The first-order valence-corrected chi connectivity index (χ1v) is 7.43. The van der Waals surface area contributed by atoms with E-state index in [-0.39, 0.29) is 18.2 Å². The molecule has 4 heteroatoms. The van der Waals surface area contributed by atoms with Crippen LogP contribution in [0.4, 0.5) is 0 Å². The zero-order valence-corrected chi connectivity index (χ0v) is 11.7. The Morgan fingerprint density at radius 1 is 1.11 bits per heavy atom. The Morgan fingerprint density at radius 2 is 1.67 bits per heavy atom. The number of nitrogens with two attached hydrogens (primary N) is 3. The van der Waals surface area contributed by atoms with E-state index in [9.17, 15) is 5.11 Å². The molecule has 0 spiro atoms. The van der Waals surface area contributed by atoms with E-state index < -0.39 is 0 Å². The highest BCUT2D eigenvalue weighted by atomic mass is 16.3. The molecule has 1 aliphatic rings. The van der Waals surface area contributed by atoms with Gasteiger partial charge in [-0.1, -0.05) is 13.3 Å². The summed E-state index contributed by atoms with van der Waals surface area (Å²) in [6.45, 7) is 2.89. The van der Waals surface area contributed by atoms with E-state index in [1.807, 2.05) is 0 Å². The lowest BCUT2D eigenvalue weighted by atomic mass is 9.74. The summed E-state index contributed by atoms with van der Waals surface area (Å²) in [5.41, 5.74) is 17.8. The average molecular weight is 257 g/mol. The molecule has 0 aromatic carbocycles. The van der Waals surface area contributed by atoms with Crippen molar-refractivity contribution < 1.29 is 5.11 Å². The summed E-state index contributed by atoms with van der Waals surface area (Å²) in [4.78, 5) is 0. The molecule has 0 amide bonds. The summed E-state index contributed by atoms with van der Waals surface area (Å²) in [6, 6.07) is 0.481. The molecule has 3 unspecified atom stereocenters. The maximum Gasteiger partial charge on any atom is 0.0540 e. The van der Waals surface area contributed by atoms with Crippen molar-refractivity contribution in [2.24, 2.45) is 29.0 Å². The largest absolute Gasteiger partial charge is 0.393 e. The lowest BCUT2D eigenvalue weighted by Gasteiger charge is -2.37. The van der Waals surface area contributed by atoms with Gasteiger partial charge < -0.3 is 22.3 Å². The predicted octanol–water partition coefficient (Wildman–Crippen LogP) is 0.957. The maximum absolute atomic E-state index is 9.77. The fourth-order valence-corrected chi connectivity index (χ4v) is 3.21. The van der Waals surface area contributed by atoms with E-state index in [2.05, 4.69) is 6.92 Å². The Bertz CT molecular complexity index is 213. The molecule has 1 saturated carbocycles. The lowest BCUT2D eigenvalue weighted by molar-refractivity contribution is 0.139. The topological polar surface area (TPSA) is 98.3 Å². The van der Waals surface area contributed by atoms with Crippen LogP contribution in [-0.4, -0.2) is 29.8 Å². The SMILES string of the molecule is CC1CC(N)C(CCCC(O)CCCN)C(N)C1. The van der Waals surface area contributed by atoms with Crippen LogP contribution in [0.5, 0.6) is 0 Å². The van der Waals surface area contributed by atoms with Crippen LogP contribution in [-0.2, 0) is 0 Å². The molecule has 0 aliphatic heterocycles. The highest BCUT2D eigenvalue weighted by Crippen LogP contribution is 2.30. The van der Waals surface area contributed by atoms with Gasteiger partial charge in [0, 0.05) is 12.1 Å². The van der Waals surface area contributed by atoms with Gasteiger partial charge in [-0.15, -0.1) is 0 Å². The standard InChI is InChI=1S/C14H31N3O/c1-10-8-13(16)12(14(17)9-10)6-2-4-11(18)5-3-7-15/h10-14,18H,2-9,15-17H2,1H3. The van der Waals surface area contributed by atoms with E-state index >= 15 is 0 Å². The van der Waals surface area contributed by atoms with Crippen molar-refractivity contribution >= 4 is 0 Å². The van der Waals surface area contributed by atoms with Crippen molar-refractivity contribution in [3.05, 3.63) is 0 Å². The first-order valence-electron chi connectivity index (χ1n) is 7.43. The molecule has 1 aliphatic carbocycles. The molecule has 18 heavy (non-hydrogen) atoms. The fourth-order valence-electron chi connectivity index (χ4n) is 3.21. The van der Waals surface area contributed by atoms with Crippen molar-refractivity contribution in [2.45, 2.75) is 70.1 Å². The third-order valence-corrected chi connectivity index (χ3v) is 4.27. The molecule has 0 radical (unpaired) electrons. The normalized spacial score (nSPS) is 34.5. The second-order valence-electron chi connectivity index (χ2n) is 6.08. The number of aliphatic hydroxyl groups excluding tert-OH is 1. The van der Waals surface area contributed by atoms with E-state index in [4.69, 9.17) is 17.2 Å². The molecule has 1 rings (SSSR count). The highest BCUT2D eigenvalue weighted by Gasteiger charge is 2.31. The first-order chi connectivity index (χ1) is 8.54. The quantitative estimate of drug-likeness (QED) is 0.546. The van der Waals surface area contributed by atoms with Gasteiger partial charge in [-0.25, -0.2) is 0 Å². The number of hydrogen-bond donors (Lipinski definition) is 4.